The minimum absolute atomic E-state index is 0.145. The van der Waals surface area contributed by atoms with Crippen LogP contribution >= 0.6 is 0 Å². The van der Waals surface area contributed by atoms with Crippen LogP contribution in [0.2, 0.25) is 0 Å². The fraction of sp³-hybridized carbons (Fsp3) is 0.125. The molecule has 3 heterocycles. The molecule has 2 aromatic heterocycles. The molecule has 108 valence electrons. The molecule has 6 heteroatoms. The lowest BCUT2D eigenvalue weighted by Gasteiger charge is -2.14. The zero-order valence-electron chi connectivity index (χ0n) is 11.8. The topological polar surface area (TPSA) is 63.9 Å². The van der Waals surface area contributed by atoms with Crippen molar-refractivity contribution in [3.63, 3.8) is 0 Å². The number of rotatable bonds is 2. The molecule has 0 saturated heterocycles. The Kier molecular flexibility index (Phi) is 2.93. The lowest BCUT2D eigenvalue weighted by molar-refractivity contribution is 0.0984. The van der Waals surface area contributed by atoms with Crippen LogP contribution in [-0.4, -0.2) is 32.4 Å². The minimum Gasteiger partial charge on any atom is -0.305 e. The molecule has 0 aliphatic carbocycles. The van der Waals surface area contributed by atoms with Crippen LogP contribution in [0.5, 0.6) is 0 Å². The lowest BCUT2D eigenvalue weighted by atomic mass is 10.2. The first-order chi connectivity index (χ1) is 10.8. The van der Waals surface area contributed by atoms with Crippen molar-refractivity contribution >= 4 is 11.6 Å². The average Bonchev–Trinajstić information content (AvgIpc) is 3.22. The Bertz CT molecular complexity index is 827. The maximum atomic E-state index is 12.6. The summed E-state index contributed by atoms with van der Waals surface area (Å²) in [5.74, 6) is -0.145. The summed E-state index contributed by atoms with van der Waals surface area (Å²) < 4.78 is 0. The Morgan fingerprint density at radius 2 is 1.95 bits per heavy atom. The SMILES string of the molecule is O=C(c1cnn(-c2ccccc2)n1)N1CCc2ccncc21. The van der Waals surface area contributed by atoms with Crippen LogP contribution in [0.15, 0.2) is 55.0 Å². The Balaban J connectivity index is 1.64. The molecule has 6 nitrogen and oxygen atoms in total. The van der Waals surface area contributed by atoms with Crippen LogP contribution in [0, 0.1) is 0 Å². The summed E-state index contributed by atoms with van der Waals surface area (Å²) in [6, 6.07) is 11.5. The molecule has 1 aliphatic heterocycles. The normalized spacial score (nSPS) is 13.2. The molecule has 0 radical (unpaired) electrons. The van der Waals surface area contributed by atoms with Crippen molar-refractivity contribution in [2.24, 2.45) is 0 Å². The van der Waals surface area contributed by atoms with E-state index in [1.54, 1.807) is 17.3 Å². The van der Waals surface area contributed by atoms with Gasteiger partial charge < -0.3 is 4.90 Å². The summed E-state index contributed by atoms with van der Waals surface area (Å²) in [5.41, 5.74) is 3.16. The van der Waals surface area contributed by atoms with Gasteiger partial charge in [0.2, 0.25) is 0 Å². The second kappa shape index (κ2) is 5.07. The number of pyridine rings is 1. The summed E-state index contributed by atoms with van der Waals surface area (Å²) in [7, 11) is 0. The summed E-state index contributed by atoms with van der Waals surface area (Å²) in [6.07, 6.45) is 5.82. The minimum atomic E-state index is -0.145. The number of hydrogen-bond acceptors (Lipinski definition) is 4. The predicted octanol–water partition coefficient (Wildman–Crippen LogP) is 1.87. The predicted molar refractivity (Wildman–Crippen MR) is 81.0 cm³/mol. The van der Waals surface area contributed by atoms with E-state index in [4.69, 9.17) is 0 Å². The van der Waals surface area contributed by atoms with Gasteiger partial charge in [0.15, 0.2) is 5.69 Å². The third-order valence-electron chi connectivity index (χ3n) is 3.73. The standard InChI is InChI=1S/C16H13N5O/c22-16(20-9-7-12-6-8-17-11-15(12)20)14-10-18-21(19-14)13-4-2-1-3-5-13/h1-6,8,10-11H,7,9H2. The fourth-order valence-electron chi connectivity index (χ4n) is 2.62. The van der Waals surface area contributed by atoms with Crippen LogP contribution in [0.25, 0.3) is 5.69 Å². The van der Waals surface area contributed by atoms with Crippen molar-refractivity contribution in [3.05, 3.63) is 66.2 Å². The van der Waals surface area contributed by atoms with E-state index in [9.17, 15) is 4.79 Å². The van der Waals surface area contributed by atoms with Crippen LogP contribution in [0.1, 0.15) is 16.1 Å². The quantitative estimate of drug-likeness (QED) is 0.723. The zero-order valence-corrected chi connectivity index (χ0v) is 11.8. The van der Waals surface area contributed by atoms with Crippen molar-refractivity contribution in [1.29, 1.82) is 0 Å². The first kappa shape index (κ1) is 12.7. The van der Waals surface area contributed by atoms with Gasteiger partial charge in [0.1, 0.15) is 0 Å². The van der Waals surface area contributed by atoms with Gasteiger partial charge in [-0.1, -0.05) is 18.2 Å². The van der Waals surface area contributed by atoms with Crippen molar-refractivity contribution in [3.8, 4) is 5.69 Å². The average molecular weight is 291 g/mol. The van der Waals surface area contributed by atoms with Gasteiger partial charge in [0.25, 0.3) is 5.91 Å². The molecule has 1 aliphatic rings. The summed E-state index contributed by atoms with van der Waals surface area (Å²) in [6.45, 7) is 0.651. The molecule has 4 rings (SSSR count). The molecular weight excluding hydrogens is 278 g/mol. The van der Waals surface area contributed by atoms with Crippen molar-refractivity contribution < 1.29 is 4.79 Å². The Labute approximate surface area is 127 Å². The molecule has 0 spiro atoms. The molecule has 3 aromatic rings. The van der Waals surface area contributed by atoms with Gasteiger partial charge in [-0.15, -0.1) is 5.10 Å². The second-order valence-corrected chi connectivity index (χ2v) is 5.07. The van der Waals surface area contributed by atoms with E-state index < -0.39 is 0 Å². The van der Waals surface area contributed by atoms with Gasteiger partial charge in [-0.2, -0.15) is 9.90 Å². The first-order valence-corrected chi connectivity index (χ1v) is 7.05. The number of para-hydroxylation sites is 1. The van der Waals surface area contributed by atoms with Crippen molar-refractivity contribution in [1.82, 2.24) is 20.0 Å². The maximum absolute atomic E-state index is 12.6. The monoisotopic (exact) mass is 291 g/mol. The highest BCUT2D eigenvalue weighted by molar-refractivity contribution is 6.05. The van der Waals surface area contributed by atoms with E-state index in [0.29, 0.717) is 12.2 Å². The largest absolute Gasteiger partial charge is 0.305 e. The molecular formula is C16H13N5O. The van der Waals surface area contributed by atoms with E-state index in [-0.39, 0.29) is 5.91 Å². The number of hydrogen-bond donors (Lipinski definition) is 0. The van der Waals surface area contributed by atoms with Crippen LogP contribution in [-0.2, 0) is 6.42 Å². The van der Waals surface area contributed by atoms with Gasteiger partial charge in [-0.3, -0.25) is 9.78 Å². The third-order valence-corrected chi connectivity index (χ3v) is 3.73. The Morgan fingerprint density at radius 1 is 1.09 bits per heavy atom. The molecule has 1 amide bonds. The molecule has 0 bridgehead atoms. The summed E-state index contributed by atoms with van der Waals surface area (Å²) >= 11 is 0. The zero-order chi connectivity index (χ0) is 14.9. The van der Waals surface area contributed by atoms with Crippen molar-refractivity contribution in [2.75, 3.05) is 11.4 Å². The van der Waals surface area contributed by atoms with Crippen LogP contribution in [0.3, 0.4) is 0 Å². The van der Waals surface area contributed by atoms with Gasteiger partial charge >= 0.3 is 0 Å². The number of amides is 1. The van der Waals surface area contributed by atoms with Crippen LogP contribution in [0.4, 0.5) is 5.69 Å². The first-order valence-electron chi connectivity index (χ1n) is 7.05. The third kappa shape index (κ3) is 2.05. The molecule has 0 N–H and O–H groups in total. The van der Waals surface area contributed by atoms with Gasteiger partial charge in [-0.25, -0.2) is 0 Å². The molecule has 0 unspecified atom stereocenters. The Hall–Kier alpha value is -3.02. The van der Waals surface area contributed by atoms with E-state index in [1.165, 1.54) is 11.0 Å². The van der Waals surface area contributed by atoms with E-state index >= 15 is 0 Å². The molecule has 0 saturated carbocycles. The van der Waals surface area contributed by atoms with Gasteiger partial charge in [0.05, 0.1) is 23.8 Å². The summed E-state index contributed by atoms with van der Waals surface area (Å²) in [4.78, 5) is 19.9. The lowest BCUT2D eigenvalue weighted by Crippen LogP contribution is -2.29. The maximum Gasteiger partial charge on any atom is 0.280 e. The molecule has 1 aromatic carbocycles. The highest BCUT2D eigenvalue weighted by Crippen LogP contribution is 2.27. The van der Waals surface area contributed by atoms with E-state index in [1.807, 2.05) is 36.4 Å². The number of aromatic nitrogens is 4. The van der Waals surface area contributed by atoms with E-state index in [2.05, 4.69) is 15.2 Å². The van der Waals surface area contributed by atoms with Gasteiger partial charge in [-0.05, 0) is 30.2 Å². The number of benzene rings is 1. The fourth-order valence-corrected chi connectivity index (χ4v) is 2.62. The number of fused-ring (bicyclic) bond motifs is 1. The summed E-state index contributed by atoms with van der Waals surface area (Å²) in [5, 5.41) is 8.47. The highest BCUT2D eigenvalue weighted by atomic mass is 16.2. The second-order valence-electron chi connectivity index (χ2n) is 5.07. The number of anilines is 1. The number of nitrogens with zero attached hydrogens (tertiary/aromatic N) is 5. The highest BCUT2D eigenvalue weighted by Gasteiger charge is 2.27. The van der Waals surface area contributed by atoms with E-state index in [0.717, 1.165) is 23.4 Å². The number of carbonyl (C=O) groups is 1. The molecule has 0 fully saturated rings. The Morgan fingerprint density at radius 3 is 2.82 bits per heavy atom. The molecule has 0 atom stereocenters. The van der Waals surface area contributed by atoms with Crippen LogP contribution < -0.4 is 4.90 Å². The smallest absolute Gasteiger partial charge is 0.280 e. The van der Waals surface area contributed by atoms with Gasteiger partial charge in [0, 0.05) is 12.7 Å². The number of carbonyl (C=O) groups excluding carboxylic acids is 1. The van der Waals surface area contributed by atoms with Crippen molar-refractivity contribution in [2.45, 2.75) is 6.42 Å². The molecule has 22 heavy (non-hydrogen) atoms.